The molecule has 3 heteroatoms. The first-order chi connectivity index (χ1) is 9.36. The molecular weight excluding hydrogens is 236 g/mol. The lowest BCUT2D eigenvalue weighted by Gasteiger charge is -2.36. The van der Waals surface area contributed by atoms with Crippen molar-refractivity contribution in [3.8, 4) is 0 Å². The highest BCUT2D eigenvalue weighted by Crippen LogP contribution is 2.24. The molecule has 2 N–H and O–H groups in total. The van der Waals surface area contributed by atoms with Crippen molar-refractivity contribution in [2.45, 2.75) is 44.8 Å². The Morgan fingerprint density at radius 3 is 2.74 bits per heavy atom. The molecule has 1 saturated heterocycles. The van der Waals surface area contributed by atoms with Crippen LogP contribution in [-0.4, -0.2) is 31.8 Å². The zero-order valence-corrected chi connectivity index (χ0v) is 11.9. The normalized spacial score (nSPS) is 20.4. The van der Waals surface area contributed by atoms with Gasteiger partial charge >= 0.3 is 0 Å². The smallest absolute Gasteiger partial charge is 0.0791 e. The Bertz CT molecular complexity index is 349. The molecule has 0 bridgehead atoms. The van der Waals surface area contributed by atoms with Crippen LogP contribution in [0.25, 0.3) is 0 Å². The topological polar surface area (TPSA) is 38.5 Å². The summed E-state index contributed by atoms with van der Waals surface area (Å²) in [7, 11) is 0. The molecule has 1 aromatic rings. The molecule has 1 aliphatic rings. The maximum Gasteiger partial charge on any atom is 0.0791 e. The molecule has 2 unspecified atom stereocenters. The monoisotopic (exact) mass is 262 g/mol. The van der Waals surface area contributed by atoms with Crippen LogP contribution in [0.2, 0.25) is 0 Å². The average Bonchev–Trinajstić information content (AvgIpc) is 2.98. The van der Waals surface area contributed by atoms with Crippen LogP contribution in [0.5, 0.6) is 0 Å². The summed E-state index contributed by atoms with van der Waals surface area (Å²) in [4.78, 5) is 2.44. The molecule has 1 aliphatic heterocycles. The van der Waals surface area contributed by atoms with E-state index in [-0.39, 0.29) is 0 Å². The van der Waals surface area contributed by atoms with E-state index in [1.165, 1.54) is 18.5 Å². The number of unbranched alkanes of at least 4 members (excludes halogenated alkanes) is 1. The highest BCUT2D eigenvalue weighted by molar-refractivity contribution is 5.47. The van der Waals surface area contributed by atoms with Crippen molar-refractivity contribution in [2.24, 2.45) is 5.73 Å². The van der Waals surface area contributed by atoms with Crippen LogP contribution in [0, 0.1) is 0 Å². The van der Waals surface area contributed by atoms with Gasteiger partial charge in [0.25, 0.3) is 0 Å². The first-order valence-electron chi connectivity index (χ1n) is 7.50. The zero-order valence-electron chi connectivity index (χ0n) is 11.9. The third-order valence-electron chi connectivity index (χ3n) is 3.88. The fourth-order valence-corrected chi connectivity index (χ4v) is 2.82. The van der Waals surface area contributed by atoms with Gasteiger partial charge in [0, 0.05) is 25.4 Å². The molecule has 1 fully saturated rings. The summed E-state index contributed by atoms with van der Waals surface area (Å²) in [6.45, 7) is 4.83. The molecule has 0 aromatic heterocycles. The van der Waals surface area contributed by atoms with Crippen molar-refractivity contribution in [2.75, 3.05) is 24.6 Å². The van der Waals surface area contributed by atoms with E-state index in [2.05, 4.69) is 42.2 Å². The number of benzene rings is 1. The second-order valence-electron chi connectivity index (χ2n) is 5.24. The Morgan fingerprint density at radius 2 is 2.16 bits per heavy atom. The number of hydrogen-bond donors (Lipinski definition) is 1. The largest absolute Gasteiger partial charge is 0.376 e. The predicted octanol–water partition coefficient (Wildman–Crippen LogP) is 2.80. The Labute approximate surface area is 116 Å². The fraction of sp³-hybridized carbons (Fsp3) is 0.625. The van der Waals surface area contributed by atoms with Crippen LogP contribution in [0.15, 0.2) is 30.3 Å². The molecule has 0 spiro atoms. The minimum atomic E-state index is 0.294. The number of ether oxygens (including phenoxy) is 1. The van der Waals surface area contributed by atoms with Crippen molar-refractivity contribution in [1.29, 1.82) is 0 Å². The van der Waals surface area contributed by atoms with E-state index in [0.29, 0.717) is 18.7 Å². The molecule has 19 heavy (non-hydrogen) atoms. The van der Waals surface area contributed by atoms with Gasteiger partial charge in [0.1, 0.15) is 0 Å². The number of hydrogen-bond acceptors (Lipinski definition) is 3. The van der Waals surface area contributed by atoms with Gasteiger partial charge in [-0.2, -0.15) is 0 Å². The van der Waals surface area contributed by atoms with E-state index in [4.69, 9.17) is 10.5 Å². The molecule has 0 amide bonds. The molecule has 0 aliphatic carbocycles. The van der Waals surface area contributed by atoms with Crippen molar-refractivity contribution in [3.63, 3.8) is 0 Å². The van der Waals surface area contributed by atoms with Gasteiger partial charge in [0.2, 0.25) is 0 Å². The summed E-state index contributed by atoms with van der Waals surface area (Å²) in [5.41, 5.74) is 7.31. The number of nitrogens with two attached hydrogens (primary N) is 1. The molecule has 2 atom stereocenters. The lowest BCUT2D eigenvalue weighted by molar-refractivity contribution is 0.0891. The molecule has 0 radical (unpaired) electrons. The van der Waals surface area contributed by atoms with Gasteiger partial charge in [-0.25, -0.2) is 0 Å². The summed E-state index contributed by atoms with van der Waals surface area (Å²) in [5.74, 6) is 0. The minimum absolute atomic E-state index is 0.294. The zero-order chi connectivity index (χ0) is 13.5. The summed E-state index contributed by atoms with van der Waals surface area (Å²) in [6, 6.07) is 10.9. The quantitative estimate of drug-likeness (QED) is 0.821. The number of anilines is 1. The highest BCUT2D eigenvalue weighted by Gasteiger charge is 2.29. The van der Waals surface area contributed by atoms with Gasteiger partial charge in [-0.1, -0.05) is 31.5 Å². The molecule has 106 valence electrons. The van der Waals surface area contributed by atoms with E-state index in [1.807, 2.05) is 0 Å². The molecule has 1 aromatic carbocycles. The SMILES string of the molecule is CCCCN(c1ccccc1)C(CN)C1CCCO1. The minimum Gasteiger partial charge on any atom is -0.376 e. The second kappa shape index (κ2) is 7.51. The number of rotatable bonds is 7. The van der Waals surface area contributed by atoms with E-state index < -0.39 is 0 Å². The van der Waals surface area contributed by atoms with E-state index in [0.717, 1.165) is 26.0 Å². The number of nitrogens with zero attached hydrogens (tertiary/aromatic N) is 1. The maximum absolute atomic E-state index is 6.04. The van der Waals surface area contributed by atoms with E-state index >= 15 is 0 Å². The standard InChI is InChI=1S/C16H26N2O/c1-2-3-11-18(14-8-5-4-6-9-14)15(13-17)16-10-7-12-19-16/h4-6,8-9,15-16H,2-3,7,10-13,17H2,1H3. The molecule has 1 heterocycles. The summed E-state index contributed by atoms with van der Waals surface area (Å²) < 4.78 is 5.87. The molecule has 3 nitrogen and oxygen atoms in total. The van der Waals surface area contributed by atoms with Gasteiger partial charge in [-0.05, 0) is 31.4 Å². The van der Waals surface area contributed by atoms with Crippen LogP contribution in [0.1, 0.15) is 32.6 Å². The Morgan fingerprint density at radius 1 is 1.37 bits per heavy atom. The van der Waals surface area contributed by atoms with Crippen molar-refractivity contribution in [3.05, 3.63) is 30.3 Å². The van der Waals surface area contributed by atoms with Gasteiger partial charge in [0.15, 0.2) is 0 Å². The Balaban J connectivity index is 2.14. The predicted molar refractivity (Wildman–Crippen MR) is 80.5 cm³/mol. The van der Waals surface area contributed by atoms with Gasteiger partial charge < -0.3 is 15.4 Å². The van der Waals surface area contributed by atoms with Gasteiger partial charge in [-0.3, -0.25) is 0 Å². The average molecular weight is 262 g/mol. The van der Waals surface area contributed by atoms with Crippen LogP contribution in [-0.2, 0) is 4.74 Å². The van der Waals surface area contributed by atoms with Crippen LogP contribution in [0.4, 0.5) is 5.69 Å². The van der Waals surface area contributed by atoms with E-state index in [1.54, 1.807) is 0 Å². The summed E-state index contributed by atoms with van der Waals surface area (Å²) >= 11 is 0. The van der Waals surface area contributed by atoms with Gasteiger partial charge in [-0.15, -0.1) is 0 Å². The fourth-order valence-electron chi connectivity index (χ4n) is 2.82. The Hall–Kier alpha value is -1.06. The molecule has 0 saturated carbocycles. The van der Waals surface area contributed by atoms with Crippen LogP contribution in [0.3, 0.4) is 0 Å². The van der Waals surface area contributed by atoms with Gasteiger partial charge in [0.05, 0.1) is 12.1 Å². The lowest BCUT2D eigenvalue weighted by atomic mass is 10.0. The highest BCUT2D eigenvalue weighted by atomic mass is 16.5. The first kappa shape index (κ1) is 14.4. The molecule has 2 rings (SSSR count). The molecular formula is C16H26N2O. The third-order valence-corrected chi connectivity index (χ3v) is 3.88. The Kier molecular flexibility index (Phi) is 5.67. The van der Waals surface area contributed by atoms with Crippen LogP contribution >= 0.6 is 0 Å². The third kappa shape index (κ3) is 3.71. The first-order valence-corrected chi connectivity index (χ1v) is 7.50. The lowest BCUT2D eigenvalue weighted by Crippen LogP contribution is -2.49. The summed E-state index contributed by atoms with van der Waals surface area (Å²) in [6.07, 6.45) is 4.99. The van der Waals surface area contributed by atoms with Crippen molar-refractivity contribution < 1.29 is 4.74 Å². The van der Waals surface area contributed by atoms with Crippen LogP contribution < -0.4 is 10.6 Å². The van der Waals surface area contributed by atoms with Crippen molar-refractivity contribution >= 4 is 5.69 Å². The second-order valence-corrected chi connectivity index (χ2v) is 5.24. The van der Waals surface area contributed by atoms with E-state index in [9.17, 15) is 0 Å². The maximum atomic E-state index is 6.04. The number of para-hydroxylation sites is 1. The van der Waals surface area contributed by atoms with Crippen molar-refractivity contribution in [1.82, 2.24) is 0 Å². The summed E-state index contributed by atoms with van der Waals surface area (Å²) in [5, 5.41) is 0.